The number of imidazole rings is 1. The molecule has 0 bridgehead atoms. The van der Waals surface area contributed by atoms with Gasteiger partial charge in [-0.2, -0.15) is 0 Å². The SMILES string of the molecule is COCc1nc(NCc2cnc3cnccn23)cc(C2CC(N)C2)n1. The van der Waals surface area contributed by atoms with Crippen LogP contribution in [0, 0.1) is 0 Å². The van der Waals surface area contributed by atoms with E-state index in [1.54, 1.807) is 19.5 Å². The zero-order valence-corrected chi connectivity index (χ0v) is 14.1. The Bertz CT molecular complexity index is 872. The highest BCUT2D eigenvalue weighted by Crippen LogP contribution is 2.35. The van der Waals surface area contributed by atoms with Crippen LogP contribution in [0.4, 0.5) is 5.82 Å². The van der Waals surface area contributed by atoms with Crippen LogP contribution in [0.1, 0.15) is 36.0 Å². The lowest BCUT2D eigenvalue weighted by Crippen LogP contribution is -2.35. The van der Waals surface area contributed by atoms with Crippen molar-refractivity contribution in [2.45, 2.75) is 38.0 Å². The standard InChI is InChI=1S/C17H21N7O/c1-25-10-16-22-14(11-4-12(18)5-11)6-15(23-16)20-7-13-8-21-17-9-19-2-3-24(13)17/h2-3,6,8-9,11-12H,4-5,7,10,18H2,1H3,(H,20,22,23). The van der Waals surface area contributed by atoms with Crippen LogP contribution in [0.3, 0.4) is 0 Å². The fourth-order valence-corrected chi connectivity index (χ4v) is 3.12. The van der Waals surface area contributed by atoms with E-state index < -0.39 is 0 Å². The Labute approximate surface area is 145 Å². The third-order valence-electron chi connectivity index (χ3n) is 4.50. The van der Waals surface area contributed by atoms with Crippen LogP contribution in [0.25, 0.3) is 5.65 Å². The van der Waals surface area contributed by atoms with Gasteiger partial charge in [-0.3, -0.25) is 9.38 Å². The van der Waals surface area contributed by atoms with Crippen molar-refractivity contribution >= 4 is 11.5 Å². The molecule has 25 heavy (non-hydrogen) atoms. The first-order chi connectivity index (χ1) is 12.2. The average Bonchev–Trinajstić information content (AvgIpc) is 3.00. The summed E-state index contributed by atoms with van der Waals surface area (Å²) >= 11 is 0. The molecule has 3 aromatic rings. The van der Waals surface area contributed by atoms with E-state index in [1.165, 1.54) is 0 Å². The van der Waals surface area contributed by atoms with Gasteiger partial charge < -0.3 is 15.8 Å². The molecule has 3 heterocycles. The molecule has 0 aromatic carbocycles. The molecular weight excluding hydrogens is 318 g/mol. The Morgan fingerprint density at radius 1 is 1.32 bits per heavy atom. The van der Waals surface area contributed by atoms with Crippen molar-refractivity contribution in [2.75, 3.05) is 12.4 Å². The first-order valence-corrected chi connectivity index (χ1v) is 8.35. The lowest BCUT2D eigenvalue weighted by atomic mass is 9.78. The van der Waals surface area contributed by atoms with E-state index in [0.717, 1.165) is 35.7 Å². The molecular formula is C17H21N7O. The molecule has 3 N–H and O–H groups in total. The number of nitrogens with zero attached hydrogens (tertiary/aromatic N) is 5. The molecule has 1 saturated carbocycles. The average molecular weight is 339 g/mol. The Morgan fingerprint density at radius 3 is 3.00 bits per heavy atom. The zero-order valence-electron chi connectivity index (χ0n) is 14.1. The van der Waals surface area contributed by atoms with Gasteiger partial charge in [-0.05, 0) is 12.8 Å². The molecule has 0 atom stereocenters. The van der Waals surface area contributed by atoms with E-state index in [4.69, 9.17) is 10.5 Å². The molecule has 4 rings (SSSR count). The summed E-state index contributed by atoms with van der Waals surface area (Å²) in [5.41, 5.74) is 8.82. The van der Waals surface area contributed by atoms with Crippen molar-refractivity contribution in [1.29, 1.82) is 0 Å². The molecule has 1 fully saturated rings. The normalized spacial score (nSPS) is 19.8. The van der Waals surface area contributed by atoms with Gasteiger partial charge in [-0.1, -0.05) is 0 Å². The van der Waals surface area contributed by atoms with Crippen molar-refractivity contribution in [1.82, 2.24) is 24.3 Å². The van der Waals surface area contributed by atoms with Gasteiger partial charge in [0.25, 0.3) is 0 Å². The van der Waals surface area contributed by atoms with Crippen LogP contribution in [-0.2, 0) is 17.9 Å². The van der Waals surface area contributed by atoms with Crippen LogP contribution in [0.15, 0.2) is 30.9 Å². The first kappa shape index (κ1) is 15.9. The van der Waals surface area contributed by atoms with Crippen molar-refractivity contribution in [2.24, 2.45) is 5.73 Å². The van der Waals surface area contributed by atoms with E-state index in [0.29, 0.717) is 24.9 Å². The summed E-state index contributed by atoms with van der Waals surface area (Å²) < 4.78 is 7.20. The second-order valence-electron chi connectivity index (χ2n) is 6.36. The smallest absolute Gasteiger partial charge is 0.156 e. The quantitative estimate of drug-likeness (QED) is 0.701. The Hall–Kier alpha value is -2.58. The molecule has 8 nitrogen and oxygen atoms in total. The number of hydrogen-bond acceptors (Lipinski definition) is 7. The summed E-state index contributed by atoms with van der Waals surface area (Å²) in [6.07, 6.45) is 9.18. The maximum absolute atomic E-state index is 5.92. The Morgan fingerprint density at radius 2 is 2.20 bits per heavy atom. The maximum atomic E-state index is 5.92. The largest absolute Gasteiger partial charge is 0.377 e. The fourth-order valence-electron chi connectivity index (χ4n) is 3.12. The summed E-state index contributed by atoms with van der Waals surface area (Å²) in [7, 11) is 1.65. The lowest BCUT2D eigenvalue weighted by molar-refractivity contribution is 0.177. The number of fused-ring (bicyclic) bond motifs is 1. The van der Waals surface area contributed by atoms with Crippen LogP contribution in [-0.4, -0.2) is 37.5 Å². The predicted octanol–water partition coefficient (Wildman–Crippen LogP) is 1.48. The minimum absolute atomic E-state index is 0.286. The Balaban J connectivity index is 1.54. The Kier molecular flexibility index (Phi) is 4.29. The molecule has 0 aliphatic heterocycles. The maximum Gasteiger partial charge on any atom is 0.156 e. The molecule has 1 aliphatic rings. The highest BCUT2D eigenvalue weighted by Gasteiger charge is 2.29. The fraction of sp³-hybridized carbons (Fsp3) is 0.412. The second-order valence-corrected chi connectivity index (χ2v) is 6.36. The second kappa shape index (κ2) is 6.73. The minimum atomic E-state index is 0.286. The van der Waals surface area contributed by atoms with E-state index in [-0.39, 0.29) is 6.04 Å². The topological polar surface area (TPSA) is 103 Å². The van der Waals surface area contributed by atoms with Crippen LogP contribution >= 0.6 is 0 Å². The number of aromatic nitrogens is 5. The van der Waals surface area contributed by atoms with Gasteiger partial charge in [0.15, 0.2) is 11.5 Å². The first-order valence-electron chi connectivity index (χ1n) is 8.35. The zero-order chi connectivity index (χ0) is 17.2. The number of anilines is 1. The van der Waals surface area contributed by atoms with Crippen LogP contribution in [0.5, 0.6) is 0 Å². The molecule has 0 radical (unpaired) electrons. The van der Waals surface area contributed by atoms with E-state index in [9.17, 15) is 0 Å². The van der Waals surface area contributed by atoms with Gasteiger partial charge in [0.2, 0.25) is 0 Å². The molecule has 3 aromatic heterocycles. The van der Waals surface area contributed by atoms with Crippen LogP contribution < -0.4 is 11.1 Å². The van der Waals surface area contributed by atoms with Crippen molar-refractivity contribution < 1.29 is 4.74 Å². The number of methoxy groups -OCH3 is 1. The number of nitrogens with one attached hydrogen (secondary N) is 1. The summed E-state index contributed by atoms with van der Waals surface area (Å²) in [4.78, 5) is 17.6. The number of hydrogen-bond donors (Lipinski definition) is 2. The molecule has 0 spiro atoms. The molecule has 0 saturated heterocycles. The molecule has 1 aliphatic carbocycles. The highest BCUT2D eigenvalue weighted by molar-refractivity contribution is 5.41. The van der Waals surface area contributed by atoms with Gasteiger partial charge in [0, 0.05) is 43.2 Å². The van der Waals surface area contributed by atoms with Crippen molar-refractivity contribution in [3.63, 3.8) is 0 Å². The van der Waals surface area contributed by atoms with Gasteiger partial charge in [-0.25, -0.2) is 15.0 Å². The summed E-state index contributed by atoms with van der Waals surface area (Å²) in [6, 6.07) is 2.30. The predicted molar refractivity (Wildman–Crippen MR) is 93.0 cm³/mol. The monoisotopic (exact) mass is 339 g/mol. The van der Waals surface area contributed by atoms with Crippen LogP contribution in [0.2, 0.25) is 0 Å². The van der Waals surface area contributed by atoms with E-state index in [1.807, 2.05) is 22.9 Å². The van der Waals surface area contributed by atoms with Gasteiger partial charge >= 0.3 is 0 Å². The van der Waals surface area contributed by atoms with Crippen molar-refractivity contribution in [3.8, 4) is 0 Å². The minimum Gasteiger partial charge on any atom is -0.377 e. The number of nitrogens with two attached hydrogens (primary N) is 1. The van der Waals surface area contributed by atoms with Crippen molar-refractivity contribution in [3.05, 3.63) is 48.1 Å². The van der Waals surface area contributed by atoms with Gasteiger partial charge in [0.05, 0.1) is 24.6 Å². The molecule has 8 heteroatoms. The third-order valence-corrected chi connectivity index (χ3v) is 4.50. The lowest BCUT2D eigenvalue weighted by Gasteiger charge is -2.32. The van der Waals surface area contributed by atoms with Gasteiger partial charge in [0.1, 0.15) is 12.4 Å². The summed E-state index contributed by atoms with van der Waals surface area (Å²) in [6.45, 7) is 1.00. The third kappa shape index (κ3) is 3.31. The summed E-state index contributed by atoms with van der Waals surface area (Å²) in [5.74, 6) is 1.89. The molecule has 130 valence electrons. The molecule has 0 amide bonds. The van der Waals surface area contributed by atoms with E-state index >= 15 is 0 Å². The van der Waals surface area contributed by atoms with E-state index in [2.05, 4.69) is 25.3 Å². The van der Waals surface area contributed by atoms with Gasteiger partial charge in [-0.15, -0.1) is 0 Å². The summed E-state index contributed by atoms with van der Waals surface area (Å²) in [5, 5.41) is 3.37. The number of rotatable bonds is 6. The highest BCUT2D eigenvalue weighted by atomic mass is 16.5. The number of ether oxygens (including phenoxy) is 1. The molecule has 0 unspecified atom stereocenters.